The van der Waals surface area contributed by atoms with Crippen LogP contribution in [0, 0.1) is 11.3 Å². The summed E-state index contributed by atoms with van der Waals surface area (Å²) in [5.41, 5.74) is -0.565. The minimum Gasteiger partial charge on any atom is -0.481 e. The highest BCUT2D eigenvalue weighted by Crippen LogP contribution is 2.27. The molecule has 0 radical (unpaired) electrons. The second-order valence-corrected chi connectivity index (χ2v) is 8.01. The van der Waals surface area contributed by atoms with Crippen molar-refractivity contribution in [2.24, 2.45) is 11.3 Å². The summed E-state index contributed by atoms with van der Waals surface area (Å²) in [6.45, 7) is 5.89. The maximum atomic E-state index is 12.0. The molecule has 1 aliphatic rings. The van der Waals surface area contributed by atoms with E-state index in [-0.39, 0.29) is 5.91 Å². The van der Waals surface area contributed by atoms with E-state index in [1.54, 1.807) is 20.8 Å². The van der Waals surface area contributed by atoms with Crippen molar-refractivity contribution >= 4 is 35.4 Å². The van der Waals surface area contributed by atoms with Gasteiger partial charge in [-0.25, -0.2) is 0 Å². The van der Waals surface area contributed by atoms with Crippen LogP contribution in [0.3, 0.4) is 0 Å². The van der Waals surface area contributed by atoms with Crippen LogP contribution in [-0.4, -0.2) is 46.0 Å². The summed E-state index contributed by atoms with van der Waals surface area (Å²) < 4.78 is 0. The summed E-state index contributed by atoms with van der Waals surface area (Å²) in [6.07, 6.45) is 0. The lowest BCUT2D eigenvalue weighted by atomic mass is 9.80. The van der Waals surface area contributed by atoms with Crippen LogP contribution in [0.1, 0.15) is 20.8 Å². The molecule has 1 amide bonds. The fourth-order valence-electron chi connectivity index (χ4n) is 1.85. The van der Waals surface area contributed by atoms with Gasteiger partial charge in [-0.15, -0.1) is 0 Å². The van der Waals surface area contributed by atoms with Gasteiger partial charge in [0, 0.05) is 29.1 Å². The van der Waals surface area contributed by atoms with Gasteiger partial charge in [0.15, 0.2) is 0 Å². The molecular weight excluding hydrogens is 270 g/mol. The minimum absolute atomic E-state index is 0.369. The van der Waals surface area contributed by atoms with Crippen molar-refractivity contribution in [1.29, 1.82) is 0 Å². The first-order chi connectivity index (χ1) is 8.32. The predicted octanol–water partition coefficient (Wildman–Crippen LogP) is 1.70. The number of carbonyl (C=O) groups is 2. The molecule has 0 bridgehead atoms. The molecule has 1 rings (SSSR count). The van der Waals surface area contributed by atoms with E-state index < -0.39 is 17.3 Å². The zero-order chi connectivity index (χ0) is 13.8. The molecule has 2 N–H and O–H groups in total. The monoisotopic (exact) mass is 291 g/mol. The van der Waals surface area contributed by atoms with Gasteiger partial charge in [-0.05, 0) is 5.41 Å². The molecule has 1 saturated heterocycles. The lowest BCUT2D eigenvalue weighted by Gasteiger charge is -2.27. The summed E-state index contributed by atoms with van der Waals surface area (Å²) in [5, 5.41) is 12.3. The molecule has 18 heavy (non-hydrogen) atoms. The second-order valence-electron chi connectivity index (χ2n) is 5.45. The number of carboxylic acid groups (broad SMARTS) is 1. The number of carbonyl (C=O) groups excluding carboxylic acids is 1. The summed E-state index contributed by atoms with van der Waals surface area (Å²) in [5.74, 6) is 0.885. The van der Waals surface area contributed by atoms with E-state index >= 15 is 0 Å². The van der Waals surface area contributed by atoms with Crippen molar-refractivity contribution in [2.75, 3.05) is 23.8 Å². The summed E-state index contributed by atoms with van der Waals surface area (Å²) >= 11 is 3.74. The molecule has 1 heterocycles. The summed E-state index contributed by atoms with van der Waals surface area (Å²) in [6, 6.07) is 0. The van der Waals surface area contributed by atoms with Crippen molar-refractivity contribution in [3.63, 3.8) is 0 Å². The summed E-state index contributed by atoms with van der Waals surface area (Å²) in [7, 11) is 0. The molecule has 6 heteroatoms. The maximum absolute atomic E-state index is 12.0. The molecule has 0 aromatic heterocycles. The first kappa shape index (κ1) is 15.7. The highest BCUT2D eigenvalue weighted by Gasteiger charge is 2.37. The van der Waals surface area contributed by atoms with Crippen LogP contribution in [0.25, 0.3) is 0 Å². The first-order valence-corrected chi connectivity index (χ1v) is 8.22. The van der Waals surface area contributed by atoms with Crippen molar-refractivity contribution in [3.05, 3.63) is 0 Å². The predicted molar refractivity (Wildman–Crippen MR) is 77.2 cm³/mol. The van der Waals surface area contributed by atoms with Gasteiger partial charge in [-0.3, -0.25) is 9.59 Å². The van der Waals surface area contributed by atoms with E-state index in [1.165, 1.54) is 0 Å². The van der Waals surface area contributed by atoms with E-state index in [2.05, 4.69) is 5.32 Å². The van der Waals surface area contributed by atoms with Gasteiger partial charge in [0.25, 0.3) is 0 Å². The average molecular weight is 291 g/mol. The van der Waals surface area contributed by atoms with Crippen LogP contribution in [0.15, 0.2) is 0 Å². The van der Waals surface area contributed by atoms with Gasteiger partial charge in [0.2, 0.25) is 5.91 Å². The topological polar surface area (TPSA) is 66.4 Å². The number of rotatable bonds is 4. The van der Waals surface area contributed by atoms with Crippen molar-refractivity contribution in [1.82, 2.24) is 5.32 Å². The van der Waals surface area contributed by atoms with Gasteiger partial charge >= 0.3 is 5.97 Å². The molecule has 2 atom stereocenters. The zero-order valence-corrected chi connectivity index (χ0v) is 12.7. The Morgan fingerprint density at radius 1 is 1.39 bits per heavy atom. The number of amides is 1. The van der Waals surface area contributed by atoms with Crippen LogP contribution < -0.4 is 5.32 Å². The number of hydrogen-bond donors (Lipinski definition) is 2. The smallest absolute Gasteiger partial charge is 0.316 e. The Hall–Kier alpha value is -0.360. The van der Waals surface area contributed by atoms with Crippen LogP contribution >= 0.6 is 23.5 Å². The number of thioether (sulfide) groups is 2. The lowest BCUT2D eigenvalue weighted by molar-refractivity contribution is -0.151. The second kappa shape index (κ2) is 6.70. The highest BCUT2D eigenvalue weighted by molar-refractivity contribution is 8.06. The summed E-state index contributed by atoms with van der Waals surface area (Å²) in [4.78, 5) is 23.1. The Kier molecular flexibility index (Phi) is 5.85. The van der Waals surface area contributed by atoms with E-state index in [0.29, 0.717) is 11.8 Å². The van der Waals surface area contributed by atoms with Gasteiger partial charge in [-0.1, -0.05) is 20.8 Å². The van der Waals surface area contributed by atoms with Gasteiger partial charge in [0.05, 0.1) is 0 Å². The number of carboxylic acids is 1. The molecule has 0 aliphatic carbocycles. The molecular formula is C12H21NO3S2. The SMILES string of the molecule is CC(C)(C)C(C(=O)O)C(=O)NCC1CSCCS1. The molecule has 2 unspecified atom stereocenters. The molecule has 0 aromatic carbocycles. The molecule has 0 spiro atoms. The van der Waals surface area contributed by atoms with Crippen molar-refractivity contribution < 1.29 is 14.7 Å². The number of hydrogen-bond acceptors (Lipinski definition) is 4. The third-order valence-electron chi connectivity index (χ3n) is 2.76. The van der Waals surface area contributed by atoms with Crippen LogP contribution in [0.4, 0.5) is 0 Å². The maximum Gasteiger partial charge on any atom is 0.316 e. The normalized spacial score (nSPS) is 22.3. The Morgan fingerprint density at radius 3 is 2.50 bits per heavy atom. The minimum atomic E-state index is -1.05. The van der Waals surface area contributed by atoms with Gasteiger partial charge in [-0.2, -0.15) is 23.5 Å². The Balaban J connectivity index is 2.49. The number of nitrogens with one attached hydrogen (secondary N) is 1. The van der Waals surface area contributed by atoms with E-state index in [0.717, 1.165) is 17.3 Å². The number of aliphatic carboxylic acids is 1. The average Bonchev–Trinajstić information content (AvgIpc) is 2.25. The standard InChI is InChI=1S/C12H21NO3S2/c1-12(2,3)9(11(15)16)10(14)13-6-8-7-17-4-5-18-8/h8-9H,4-7H2,1-3H3,(H,13,14)(H,15,16). The zero-order valence-electron chi connectivity index (χ0n) is 11.1. The Bertz CT molecular complexity index is 309. The first-order valence-electron chi connectivity index (χ1n) is 6.02. The largest absolute Gasteiger partial charge is 0.481 e. The van der Waals surface area contributed by atoms with Gasteiger partial charge < -0.3 is 10.4 Å². The highest BCUT2D eigenvalue weighted by atomic mass is 32.2. The van der Waals surface area contributed by atoms with E-state index in [1.807, 2.05) is 23.5 Å². The van der Waals surface area contributed by atoms with Crippen LogP contribution in [0.5, 0.6) is 0 Å². The molecule has 104 valence electrons. The fraction of sp³-hybridized carbons (Fsp3) is 0.833. The van der Waals surface area contributed by atoms with E-state index in [9.17, 15) is 9.59 Å². The Labute approximate surface area is 117 Å². The fourth-order valence-corrected chi connectivity index (χ4v) is 4.46. The van der Waals surface area contributed by atoms with E-state index in [4.69, 9.17) is 5.11 Å². The third kappa shape index (κ3) is 4.72. The molecule has 1 aliphatic heterocycles. The third-order valence-corrected chi connectivity index (χ3v) is 5.61. The molecule has 0 aromatic rings. The molecule has 1 fully saturated rings. The lowest BCUT2D eigenvalue weighted by Crippen LogP contribution is -2.45. The molecule has 4 nitrogen and oxygen atoms in total. The Morgan fingerprint density at radius 2 is 2.06 bits per heavy atom. The molecule has 0 saturated carbocycles. The van der Waals surface area contributed by atoms with Crippen molar-refractivity contribution in [2.45, 2.75) is 26.0 Å². The quantitative estimate of drug-likeness (QED) is 0.772. The van der Waals surface area contributed by atoms with Crippen LogP contribution in [0.2, 0.25) is 0 Å². The van der Waals surface area contributed by atoms with Crippen LogP contribution in [-0.2, 0) is 9.59 Å². The van der Waals surface area contributed by atoms with Crippen molar-refractivity contribution in [3.8, 4) is 0 Å². The van der Waals surface area contributed by atoms with Gasteiger partial charge in [0.1, 0.15) is 5.92 Å².